The number of benzene rings is 1. The summed E-state index contributed by atoms with van der Waals surface area (Å²) in [7, 11) is -2.29. The summed E-state index contributed by atoms with van der Waals surface area (Å²) in [6.45, 7) is 1.27. The predicted molar refractivity (Wildman–Crippen MR) is 117 cm³/mol. The number of hydrogen-bond acceptors (Lipinski definition) is 6. The number of rotatable bonds is 6. The molecule has 1 saturated carbocycles. The lowest BCUT2D eigenvalue weighted by Gasteiger charge is -2.42. The van der Waals surface area contributed by atoms with Crippen molar-refractivity contribution >= 4 is 32.8 Å². The molecule has 1 saturated heterocycles. The SMILES string of the molecule is CN(CC(=O)c1ccccc1)S(=O)(=O)N1CCN(c2ncnc3[nH]ccc23)CC12CC2. The molecule has 0 bridgehead atoms. The number of H-pyrrole nitrogens is 1. The van der Waals surface area contributed by atoms with Gasteiger partial charge in [-0.25, -0.2) is 9.97 Å². The molecular weight excluding hydrogens is 416 g/mol. The first-order valence-corrected chi connectivity index (χ1v) is 11.7. The molecule has 162 valence electrons. The van der Waals surface area contributed by atoms with Crippen LogP contribution in [-0.4, -0.2) is 76.5 Å². The van der Waals surface area contributed by atoms with Crippen molar-refractivity contribution in [3.05, 3.63) is 54.5 Å². The van der Waals surface area contributed by atoms with Crippen LogP contribution in [0.25, 0.3) is 11.0 Å². The predicted octanol–water partition coefficient (Wildman–Crippen LogP) is 1.67. The molecule has 1 N–H and O–H groups in total. The van der Waals surface area contributed by atoms with E-state index in [1.165, 1.54) is 17.7 Å². The van der Waals surface area contributed by atoms with E-state index in [1.807, 2.05) is 18.3 Å². The van der Waals surface area contributed by atoms with Crippen LogP contribution in [0.2, 0.25) is 0 Å². The highest BCUT2D eigenvalue weighted by molar-refractivity contribution is 7.86. The Morgan fingerprint density at radius 3 is 2.68 bits per heavy atom. The Hall–Kier alpha value is -2.82. The van der Waals surface area contributed by atoms with Gasteiger partial charge in [0.25, 0.3) is 10.2 Å². The summed E-state index contributed by atoms with van der Waals surface area (Å²) in [6.07, 6.45) is 4.95. The second kappa shape index (κ2) is 7.40. The summed E-state index contributed by atoms with van der Waals surface area (Å²) in [5, 5.41) is 0.931. The number of likely N-dealkylation sites (N-methyl/N-ethyl adjacent to an activating group) is 1. The largest absolute Gasteiger partial charge is 0.353 e. The van der Waals surface area contributed by atoms with Gasteiger partial charge in [-0.05, 0) is 18.9 Å². The van der Waals surface area contributed by atoms with Crippen molar-refractivity contribution in [2.45, 2.75) is 18.4 Å². The summed E-state index contributed by atoms with van der Waals surface area (Å²) in [4.78, 5) is 26.5. The zero-order valence-corrected chi connectivity index (χ0v) is 18.0. The number of nitrogens with zero attached hydrogens (tertiary/aromatic N) is 5. The maximum atomic E-state index is 13.4. The van der Waals surface area contributed by atoms with Crippen molar-refractivity contribution in [3.63, 3.8) is 0 Å². The minimum atomic E-state index is -3.77. The molecule has 0 unspecified atom stereocenters. The van der Waals surface area contributed by atoms with Crippen molar-refractivity contribution in [2.75, 3.05) is 38.1 Å². The standard InChI is InChI=1S/C21H24N6O3S/c1-25(13-18(28)16-5-3-2-4-6-16)31(29,30)27-12-11-26(14-21(27)8-9-21)20-17-7-10-22-19(17)23-15-24-20/h2-7,10,15H,8-9,11-14H2,1H3,(H,22,23,24). The van der Waals surface area contributed by atoms with E-state index in [-0.39, 0.29) is 12.3 Å². The average molecular weight is 441 g/mol. The van der Waals surface area contributed by atoms with Gasteiger partial charge in [0.2, 0.25) is 0 Å². The average Bonchev–Trinajstić information content (AvgIpc) is 3.34. The van der Waals surface area contributed by atoms with Crippen LogP contribution in [0.1, 0.15) is 23.2 Å². The lowest BCUT2D eigenvalue weighted by atomic mass is 10.1. The number of carbonyl (C=O) groups excluding carboxylic acids is 1. The van der Waals surface area contributed by atoms with E-state index in [0.717, 1.165) is 29.7 Å². The molecule has 1 spiro atoms. The van der Waals surface area contributed by atoms with E-state index in [4.69, 9.17) is 0 Å². The fourth-order valence-electron chi connectivity index (χ4n) is 4.33. The van der Waals surface area contributed by atoms with Crippen molar-refractivity contribution in [1.29, 1.82) is 0 Å². The summed E-state index contributed by atoms with van der Waals surface area (Å²) >= 11 is 0. The summed E-state index contributed by atoms with van der Waals surface area (Å²) in [5.74, 6) is 0.605. The highest BCUT2D eigenvalue weighted by Gasteiger charge is 2.56. The summed E-state index contributed by atoms with van der Waals surface area (Å²) in [5.41, 5.74) is 0.827. The number of fused-ring (bicyclic) bond motifs is 1. The van der Waals surface area contributed by atoms with Gasteiger partial charge in [0.1, 0.15) is 17.8 Å². The Morgan fingerprint density at radius 1 is 1.16 bits per heavy atom. The van der Waals surface area contributed by atoms with Gasteiger partial charge >= 0.3 is 0 Å². The Bertz CT molecular complexity index is 1220. The van der Waals surface area contributed by atoms with Gasteiger partial charge in [-0.3, -0.25) is 4.79 Å². The van der Waals surface area contributed by atoms with Crippen LogP contribution in [0, 0.1) is 0 Å². The maximum absolute atomic E-state index is 13.4. The quantitative estimate of drug-likeness (QED) is 0.585. The molecular formula is C21H24N6O3S. The summed E-state index contributed by atoms with van der Waals surface area (Å²) < 4.78 is 29.5. The van der Waals surface area contributed by atoms with E-state index >= 15 is 0 Å². The molecule has 5 rings (SSSR count). The molecule has 1 aliphatic carbocycles. The lowest BCUT2D eigenvalue weighted by molar-refractivity contribution is 0.0969. The minimum absolute atomic E-state index is 0.182. The third kappa shape index (κ3) is 3.50. The number of ketones is 1. The van der Waals surface area contributed by atoms with Crippen molar-refractivity contribution in [1.82, 2.24) is 23.6 Å². The van der Waals surface area contributed by atoms with Crippen LogP contribution in [0.4, 0.5) is 5.82 Å². The number of piperazine rings is 1. The number of carbonyl (C=O) groups is 1. The topological polar surface area (TPSA) is 102 Å². The first-order valence-electron chi connectivity index (χ1n) is 10.3. The number of aromatic amines is 1. The third-order valence-corrected chi connectivity index (χ3v) is 8.22. The molecule has 0 radical (unpaired) electrons. The summed E-state index contributed by atoms with van der Waals surface area (Å²) in [6, 6.07) is 10.7. The highest BCUT2D eigenvalue weighted by Crippen LogP contribution is 2.47. The van der Waals surface area contributed by atoms with Gasteiger partial charge in [0, 0.05) is 38.4 Å². The number of Topliss-reactive ketones (excluding diaryl/α,β-unsaturated/α-hetero) is 1. The fraction of sp³-hybridized carbons (Fsp3) is 0.381. The molecule has 31 heavy (non-hydrogen) atoms. The molecule has 3 aromatic rings. The smallest absolute Gasteiger partial charge is 0.282 e. The maximum Gasteiger partial charge on any atom is 0.282 e. The Morgan fingerprint density at radius 2 is 1.94 bits per heavy atom. The molecule has 9 nitrogen and oxygen atoms in total. The lowest BCUT2D eigenvalue weighted by Crippen LogP contribution is -2.60. The first-order chi connectivity index (χ1) is 14.9. The van der Waals surface area contributed by atoms with E-state index < -0.39 is 15.7 Å². The van der Waals surface area contributed by atoms with Gasteiger partial charge in [-0.15, -0.1) is 0 Å². The molecule has 0 atom stereocenters. The second-order valence-electron chi connectivity index (χ2n) is 8.21. The van der Waals surface area contributed by atoms with Crippen LogP contribution in [-0.2, 0) is 10.2 Å². The van der Waals surface area contributed by atoms with Gasteiger partial charge in [0.05, 0.1) is 17.5 Å². The van der Waals surface area contributed by atoms with Crippen LogP contribution in [0.5, 0.6) is 0 Å². The monoisotopic (exact) mass is 440 g/mol. The molecule has 0 amide bonds. The number of aromatic nitrogens is 3. The third-order valence-electron chi connectivity index (χ3n) is 6.18. The molecule has 10 heteroatoms. The second-order valence-corrected chi connectivity index (χ2v) is 10.2. The number of anilines is 1. The zero-order valence-electron chi connectivity index (χ0n) is 17.2. The van der Waals surface area contributed by atoms with Gasteiger partial charge in [-0.2, -0.15) is 17.0 Å². The van der Waals surface area contributed by atoms with Gasteiger partial charge < -0.3 is 9.88 Å². The molecule has 2 aromatic heterocycles. The van der Waals surface area contributed by atoms with Crippen LogP contribution in [0.15, 0.2) is 48.9 Å². The van der Waals surface area contributed by atoms with Gasteiger partial charge in [0.15, 0.2) is 5.78 Å². The molecule has 2 fully saturated rings. The Balaban J connectivity index is 1.34. The normalized spacial score (nSPS) is 18.7. The van der Waals surface area contributed by atoms with Crippen molar-refractivity contribution < 1.29 is 13.2 Å². The Labute approximate surface area is 180 Å². The molecule has 1 aromatic carbocycles. The Kier molecular flexibility index (Phi) is 4.80. The molecule has 1 aliphatic heterocycles. The van der Waals surface area contributed by atoms with Crippen molar-refractivity contribution in [2.24, 2.45) is 0 Å². The number of nitrogens with one attached hydrogen (secondary N) is 1. The van der Waals surface area contributed by atoms with E-state index in [2.05, 4.69) is 19.9 Å². The minimum Gasteiger partial charge on any atom is -0.353 e. The zero-order chi connectivity index (χ0) is 21.6. The van der Waals surface area contributed by atoms with Crippen molar-refractivity contribution in [3.8, 4) is 0 Å². The molecule has 3 heterocycles. The fourth-order valence-corrected chi connectivity index (χ4v) is 5.99. The van der Waals surface area contributed by atoms with Crippen LogP contribution in [0.3, 0.4) is 0 Å². The van der Waals surface area contributed by atoms with E-state index in [1.54, 1.807) is 28.6 Å². The molecule has 2 aliphatic rings. The van der Waals surface area contributed by atoms with Gasteiger partial charge in [-0.1, -0.05) is 30.3 Å². The van der Waals surface area contributed by atoms with Crippen LogP contribution < -0.4 is 4.90 Å². The van der Waals surface area contributed by atoms with E-state index in [0.29, 0.717) is 25.2 Å². The first kappa shape index (κ1) is 20.1. The van der Waals surface area contributed by atoms with E-state index in [9.17, 15) is 13.2 Å². The number of hydrogen-bond donors (Lipinski definition) is 1. The van der Waals surface area contributed by atoms with Crippen LogP contribution >= 0.6 is 0 Å². The highest BCUT2D eigenvalue weighted by atomic mass is 32.2.